The van der Waals surface area contributed by atoms with E-state index in [1.165, 1.54) is 6.42 Å². The molecule has 0 radical (unpaired) electrons. The van der Waals surface area contributed by atoms with E-state index in [9.17, 15) is 5.26 Å². The van der Waals surface area contributed by atoms with E-state index >= 15 is 0 Å². The first-order valence-corrected chi connectivity index (χ1v) is 7.05. The molecular formula is C16H23N3. The van der Waals surface area contributed by atoms with E-state index in [4.69, 9.17) is 5.73 Å². The lowest BCUT2D eigenvalue weighted by Gasteiger charge is -2.27. The maximum Gasteiger partial charge on any atom is 0.131 e. The average Bonchev–Trinajstić information content (AvgIpc) is 2.75. The van der Waals surface area contributed by atoms with Crippen LogP contribution in [0.4, 0.5) is 0 Å². The second-order valence-corrected chi connectivity index (χ2v) is 5.88. The van der Waals surface area contributed by atoms with Crippen molar-refractivity contribution in [3.63, 3.8) is 0 Å². The summed E-state index contributed by atoms with van der Waals surface area (Å²) >= 11 is 0. The van der Waals surface area contributed by atoms with Crippen LogP contribution in [-0.2, 0) is 5.54 Å². The maximum absolute atomic E-state index is 9.44. The minimum absolute atomic E-state index is 0.605. The van der Waals surface area contributed by atoms with Crippen LogP contribution in [0.3, 0.4) is 0 Å². The Hall–Kier alpha value is -1.37. The number of hydrogen-bond acceptors (Lipinski definition) is 3. The monoisotopic (exact) mass is 257 g/mol. The predicted octanol–water partition coefficient (Wildman–Crippen LogP) is 2.48. The molecule has 0 spiro atoms. The Morgan fingerprint density at radius 2 is 2.05 bits per heavy atom. The van der Waals surface area contributed by atoms with Crippen molar-refractivity contribution in [3.05, 3.63) is 35.9 Å². The SMILES string of the molecule is CC1CC(C)N(CCC(N)(C#N)c2ccccc2)C1. The summed E-state index contributed by atoms with van der Waals surface area (Å²) in [4.78, 5) is 2.45. The molecule has 1 aromatic carbocycles. The fourth-order valence-corrected chi connectivity index (χ4v) is 3.02. The standard InChI is InChI=1S/C16H23N3/c1-13-10-14(2)19(11-13)9-8-16(18,12-17)15-6-4-3-5-7-15/h3-7,13-14H,8-11,18H2,1-2H3. The van der Waals surface area contributed by atoms with E-state index in [0.29, 0.717) is 12.5 Å². The fourth-order valence-electron chi connectivity index (χ4n) is 3.02. The Morgan fingerprint density at radius 3 is 2.58 bits per heavy atom. The lowest BCUT2D eigenvalue weighted by Crippen LogP contribution is -2.40. The van der Waals surface area contributed by atoms with Gasteiger partial charge in [0.2, 0.25) is 0 Å². The van der Waals surface area contributed by atoms with Crippen molar-refractivity contribution in [1.29, 1.82) is 5.26 Å². The van der Waals surface area contributed by atoms with Crippen LogP contribution in [0.15, 0.2) is 30.3 Å². The topological polar surface area (TPSA) is 53.0 Å². The Balaban J connectivity index is 2.02. The number of benzene rings is 1. The van der Waals surface area contributed by atoms with Crippen molar-refractivity contribution in [3.8, 4) is 6.07 Å². The maximum atomic E-state index is 9.44. The van der Waals surface area contributed by atoms with E-state index in [0.717, 1.165) is 24.6 Å². The molecule has 3 atom stereocenters. The highest BCUT2D eigenvalue weighted by Crippen LogP contribution is 2.26. The molecule has 0 saturated carbocycles. The van der Waals surface area contributed by atoms with Crippen LogP contribution in [0.25, 0.3) is 0 Å². The van der Waals surface area contributed by atoms with Crippen molar-refractivity contribution in [2.75, 3.05) is 13.1 Å². The molecule has 19 heavy (non-hydrogen) atoms. The smallest absolute Gasteiger partial charge is 0.131 e. The molecule has 3 heteroatoms. The van der Waals surface area contributed by atoms with Crippen LogP contribution in [-0.4, -0.2) is 24.0 Å². The molecule has 1 aliphatic heterocycles. The third-order valence-electron chi connectivity index (χ3n) is 4.19. The van der Waals surface area contributed by atoms with Gasteiger partial charge in [0.15, 0.2) is 0 Å². The van der Waals surface area contributed by atoms with Crippen LogP contribution in [0.2, 0.25) is 0 Å². The molecule has 1 aromatic rings. The third-order valence-corrected chi connectivity index (χ3v) is 4.19. The van der Waals surface area contributed by atoms with Gasteiger partial charge in [-0.1, -0.05) is 37.3 Å². The lowest BCUT2D eigenvalue weighted by molar-refractivity contribution is 0.244. The minimum atomic E-state index is -0.868. The molecule has 0 bridgehead atoms. The molecule has 3 unspecified atom stereocenters. The van der Waals surface area contributed by atoms with Crippen molar-refractivity contribution in [1.82, 2.24) is 4.90 Å². The highest BCUT2D eigenvalue weighted by molar-refractivity contribution is 5.30. The highest BCUT2D eigenvalue weighted by Gasteiger charge is 2.31. The summed E-state index contributed by atoms with van der Waals surface area (Å²) in [5.74, 6) is 0.751. The van der Waals surface area contributed by atoms with Gasteiger partial charge in [0, 0.05) is 19.1 Å². The second kappa shape index (κ2) is 5.73. The molecular weight excluding hydrogens is 234 g/mol. The molecule has 3 nitrogen and oxygen atoms in total. The van der Waals surface area contributed by atoms with E-state index < -0.39 is 5.54 Å². The zero-order chi connectivity index (χ0) is 13.9. The van der Waals surface area contributed by atoms with Crippen molar-refractivity contribution >= 4 is 0 Å². The van der Waals surface area contributed by atoms with Gasteiger partial charge in [0.1, 0.15) is 5.54 Å². The first-order valence-electron chi connectivity index (χ1n) is 7.05. The van der Waals surface area contributed by atoms with Gasteiger partial charge >= 0.3 is 0 Å². The predicted molar refractivity (Wildman–Crippen MR) is 77.4 cm³/mol. The third kappa shape index (κ3) is 3.15. The first kappa shape index (κ1) is 14.0. The summed E-state index contributed by atoms with van der Waals surface area (Å²) in [5.41, 5.74) is 6.34. The van der Waals surface area contributed by atoms with Gasteiger partial charge in [0.05, 0.1) is 6.07 Å². The lowest BCUT2D eigenvalue weighted by atomic mass is 9.89. The van der Waals surface area contributed by atoms with Gasteiger partial charge in [0.25, 0.3) is 0 Å². The van der Waals surface area contributed by atoms with E-state index in [1.807, 2.05) is 30.3 Å². The largest absolute Gasteiger partial charge is 0.310 e. The highest BCUT2D eigenvalue weighted by atomic mass is 15.2. The molecule has 0 aromatic heterocycles. The van der Waals surface area contributed by atoms with Gasteiger partial charge in [-0.3, -0.25) is 0 Å². The van der Waals surface area contributed by atoms with Gasteiger partial charge in [-0.25, -0.2) is 0 Å². The minimum Gasteiger partial charge on any atom is -0.310 e. The van der Waals surface area contributed by atoms with Gasteiger partial charge in [-0.05, 0) is 31.2 Å². The van der Waals surface area contributed by atoms with Crippen LogP contribution < -0.4 is 5.73 Å². The van der Waals surface area contributed by atoms with Crippen molar-refractivity contribution < 1.29 is 0 Å². The molecule has 2 N–H and O–H groups in total. The van der Waals surface area contributed by atoms with Crippen LogP contribution in [0, 0.1) is 17.2 Å². The molecule has 2 rings (SSSR count). The first-order chi connectivity index (χ1) is 9.05. The number of hydrogen-bond donors (Lipinski definition) is 1. The van der Waals surface area contributed by atoms with E-state index in [-0.39, 0.29) is 0 Å². The van der Waals surface area contributed by atoms with Crippen molar-refractivity contribution in [2.45, 2.75) is 38.3 Å². The number of nitrogens with zero attached hydrogens (tertiary/aromatic N) is 2. The Morgan fingerprint density at radius 1 is 1.37 bits per heavy atom. The summed E-state index contributed by atoms with van der Waals surface area (Å²) < 4.78 is 0. The molecule has 1 fully saturated rings. The summed E-state index contributed by atoms with van der Waals surface area (Å²) in [6.07, 6.45) is 1.93. The molecule has 1 aliphatic rings. The second-order valence-electron chi connectivity index (χ2n) is 5.88. The van der Waals surface area contributed by atoms with Gasteiger partial charge in [-0.2, -0.15) is 5.26 Å². The summed E-state index contributed by atoms with van der Waals surface area (Å²) in [5, 5.41) is 9.44. The number of nitriles is 1. The summed E-state index contributed by atoms with van der Waals surface area (Å²) in [6, 6.07) is 12.6. The Kier molecular flexibility index (Phi) is 4.24. The zero-order valence-corrected chi connectivity index (χ0v) is 11.8. The van der Waals surface area contributed by atoms with Crippen LogP contribution >= 0.6 is 0 Å². The van der Waals surface area contributed by atoms with Gasteiger partial charge in [-0.15, -0.1) is 0 Å². The number of likely N-dealkylation sites (tertiary alicyclic amines) is 1. The van der Waals surface area contributed by atoms with E-state index in [1.54, 1.807) is 0 Å². The molecule has 1 saturated heterocycles. The zero-order valence-electron chi connectivity index (χ0n) is 11.8. The average molecular weight is 257 g/mol. The Bertz CT molecular complexity index is 451. The molecule has 1 heterocycles. The molecule has 0 aliphatic carbocycles. The summed E-state index contributed by atoms with van der Waals surface area (Å²) in [6.45, 7) is 6.56. The molecule has 102 valence electrons. The summed E-state index contributed by atoms with van der Waals surface area (Å²) in [7, 11) is 0. The van der Waals surface area contributed by atoms with Crippen LogP contribution in [0.1, 0.15) is 32.3 Å². The van der Waals surface area contributed by atoms with Crippen molar-refractivity contribution in [2.24, 2.45) is 11.7 Å². The van der Waals surface area contributed by atoms with E-state index in [2.05, 4.69) is 24.8 Å². The fraction of sp³-hybridized carbons (Fsp3) is 0.562. The quantitative estimate of drug-likeness (QED) is 0.901. The van der Waals surface area contributed by atoms with Gasteiger partial charge < -0.3 is 10.6 Å². The number of nitrogens with two attached hydrogens (primary N) is 1. The van der Waals surface area contributed by atoms with Crippen LogP contribution in [0.5, 0.6) is 0 Å². The normalized spacial score (nSPS) is 26.8. The Labute approximate surface area is 116 Å². The molecule has 0 amide bonds. The number of rotatable bonds is 4.